The molecule has 32 heavy (non-hydrogen) atoms. The van der Waals surface area contributed by atoms with Crippen molar-refractivity contribution < 1.29 is 19.1 Å². The quantitative estimate of drug-likeness (QED) is 0.688. The second-order valence-electron chi connectivity index (χ2n) is 8.81. The largest absolute Gasteiger partial charge is 0.465 e. The fourth-order valence-corrected chi connectivity index (χ4v) is 4.91. The van der Waals surface area contributed by atoms with E-state index in [0.29, 0.717) is 30.2 Å². The van der Waals surface area contributed by atoms with Crippen molar-refractivity contribution in [3.63, 3.8) is 0 Å². The first-order valence-corrected chi connectivity index (χ1v) is 11.5. The number of nitrogens with one attached hydrogen (secondary N) is 1. The van der Waals surface area contributed by atoms with Crippen LogP contribution in [0.15, 0.2) is 54.6 Å². The summed E-state index contributed by atoms with van der Waals surface area (Å²) in [5.41, 5.74) is 2.77. The molecule has 0 radical (unpaired) electrons. The molecule has 1 amide bonds. The van der Waals surface area contributed by atoms with Crippen LogP contribution < -0.4 is 5.32 Å². The van der Waals surface area contributed by atoms with Crippen LogP contribution in [0.3, 0.4) is 0 Å². The average Bonchev–Trinajstić information content (AvgIpc) is 3.31. The topological polar surface area (TPSA) is 67.9 Å². The molecule has 170 valence electrons. The Morgan fingerprint density at radius 1 is 0.969 bits per heavy atom. The van der Waals surface area contributed by atoms with Crippen LogP contribution in [0.5, 0.6) is 0 Å². The number of hydrogen-bond acceptors (Lipinski definition) is 5. The molecular weight excluding hydrogens is 404 g/mol. The lowest BCUT2D eigenvalue weighted by Gasteiger charge is -2.34. The average molecular weight is 437 g/mol. The van der Waals surface area contributed by atoms with Crippen LogP contribution in [0.25, 0.3) is 0 Å². The van der Waals surface area contributed by atoms with Crippen molar-refractivity contribution in [2.75, 3.05) is 20.2 Å². The van der Waals surface area contributed by atoms with Crippen LogP contribution in [-0.2, 0) is 22.5 Å². The third-order valence-corrected chi connectivity index (χ3v) is 6.68. The molecule has 4 rings (SSSR count). The summed E-state index contributed by atoms with van der Waals surface area (Å²) in [5, 5.41) is 3.81. The Balaban J connectivity index is 1.21. The van der Waals surface area contributed by atoms with Crippen LogP contribution in [-0.4, -0.2) is 49.2 Å². The predicted octanol–water partition coefficient (Wildman–Crippen LogP) is 4.19. The highest BCUT2D eigenvalue weighted by atomic mass is 16.6. The van der Waals surface area contributed by atoms with Crippen molar-refractivity contribution in [2.45, 2.75) is 50.8 Å². The van der Waals surface area contributed by atoms with Gasteiger partial charge in [0.2, 0.25) is 0 Å². The number of hydrogen-bond donors (Lipinski definition) is 1. The van der Waals surface area contributed by atoms with Gasteiger partial charge in [-0.2, -0.15) is 0 Å². The number of nitrogens with zero attached hydrogens (tertiary/aromatic N) is 1. The zero-order chi connectivity index (χ0) is 22.3. The van der Waals surface area contributed by atoms with E-state index in [4.69, 9.17) is 9.47 Å². The number of esters is 1. The third kappa shape index (κ3) is 5.68. The molecule has 0 saturated carbocycles. The van der Waals surface area contributed by atoms with Gasteiger partial charge in [-0.15, -0.1) is 0 Å². The number of methoxy groups -OCH3 is 1. The molecule has 2 atom stereocenters. The zero-order valence-corrected chi connectivity index (χ0v) is 18.7. The minimum atomic E-state index is -0.293. The smallest absolute Gasteiger partial charge is 0.410 e. The molecular formula is C26H32N2O4. The van der Waals surface area contributed by atoms with Gasteiger partial charge in [-0.25, -0.2) is 9.59 Å². The minimum absolute atomic E-state index is 0.213. The molecule has 6 nitrogen and oxygen atoms in total. The minimum Gasteiger partial charge on any atom is -0.465 e. The summed E-state index contributed by atoms with van der Waals surface area (Å²) in [6.45, 7) is 1.83. The Kier molecular flexibility index (Phi) is 7.43. The van der Waals surface area contributed by atoms with Crippen molar-refractivity contribution in [1.82, 2.24) is 10.2 Å². The first kappa shape index (κ1) is 22.3. The summed E-state index contributed by atoms with van der Waals surface area (Å²) < 4.78 is 10.3. The van der Waals surface area contributed by atoms with Gasteiger partial charge >= 0.3 is 12.1 Å². The van der Waals surface area contributed by atoms with Crippen LogP contribution >= 0.6 is 0 Å². The fraction of sp³-hybridized carbons (Fsp3) is 0.462. The highest BCUT2D eigenvalue weighted by molar-refractivity contribution is 5.89. The molecule has 0 aromatic heterocycles. The summed E-state index contributed by atoms with van der Waals surface area (Å²) in [6, 6.07) is 18.4. The van der Waals surface area contributed by atoms with Crippen LogP contribution in [0.1, 0.15) is 47.2 Å². The lowest BCUT2D eigenvalue weighted by molar-refractivity contribution is 0.0600. The van der Waals surface area contributed by atoms with Gasteiger partial charge in [-0.3, -0.25) is 0 Å². The molecule has 1 N–H and O–H groups in total. The van der Waals surface area contributed by atoms with Crippen molar-refractivity contribution in [3.8, 4) is 0 Å². The summed E-state index contributed by atoms with van der Waals surface area (Å²) in [4.78, 5) is 26.0. The second-order valence-corrected chi connectivity index (χ2v) is 8.81. The molecule has 0 bridgehead atoms. The number of likely N-dealkylation sites (tertiary alicyclic amines) is 1. The van der Waals surface area contributed by atoms with Crippen molar-refractivity contribution >= 4 is 12.1 Å². The Morgan fingerprint density at radius 3 is 2.47 bits per heavy atom. The number of rotatable bonds is 6. The van der Waals surface area contributed by atoms with Crippen LogP contribution in [0.4, 0.5) is 4.79 Å². The molecule has 2 saturated heterocycles. The summed E-state index contributed by atoms with van der Waals surface area (Å²) in [5.74, 6) is 0.290. The van der Waals surface area contributed by atoms with Crippen molar-refractivity contribution in [1.29, 1.82) is 0 Å². The van der Waals surface area contributed by atoms with E-state index in [1.165, 1.54) is 7.11 Å². The van der Waals surface area contributed by atoms with E-state index in [-0.39, 0.29) is 12.1 Å². The monoisotopic (exact) mass is 436 g/mol. The van der Waals surface area contributed by atoms with Gasteiger partial charge in [0.1, 0.15) is 6.61 Å². The molecule has 0 aliphatic carbocycles. The molecule has 2 aromatic rings. The van der Waals surface area contributed by atoms with E-state index in [2.05, 4.69) is 11.4 Å². The number of amides is 1. The molecule has 0 spiro atoms. The third-order valence-electron chi connectivity index (χ3n) is 6.68. The second kappa shape index (κ2) is 10.6. The summed E-state index contributed by atoms with van der Waals surface area (Å²) in [7, 11) is 1.41. The first-order valence-electron chi connectivity index (χ1n) is 11.5. The maximum atomic E-state index is 12.4. The predicted molar refractivity (Wildman–Crippen MR) is 122 cm³/mol. The molecule has 2 aromatic carbocycles. The number of benzene rings is 2. The number of ether oxygens (including phenoxy) is 2. The van der Waals surface area contributed by atoms with E-state index in [9.17, 15) is 9.59 Å². The normalized spacial score (nSPS) is 21.3. The number of piperidine rings is 1. The Bertz CT molecular complexity index is 909. The summed E-state index contributed by atoms with van der Waals surface area (Å²) in [6.07, 6.45) is 4.99. The highest BCUT2D eigenvalue weighted by Gasteiger charge is 2.33. The van der Waals surface area contributed by atoms with Gasteiger partial charge in [0.05, 0.1) is 12.7 Å². The van der Waals surface area contributed by atoms with Crippen LogP contribution in [0, 0.1) is 5.92 Å². The van der Waals surface area contributed by atoms with Gasteiger partial charge in [-0.05, 0) is 61.3 Å². The lowest BCUT2D eigenvalue weighted by atomic mass is 9.89. The molecule has 2 fully saturated rings. The first-order chi connectivity index (χ1) is 15.6. The Morgan fingerprint density at radius 2 is 1.72 bits per heavy atom. The van der Waals surface area contributed by atoms with Gasteiger partial charge in [0.25, 0.3) is 0 Å². The molecule has 6 heteroatoms. The van der Waals surface area contributed by atoms with E-state index >= 15 is 0 Å². The molecule has 2 aliphatic rings. The Hall–Kier alpha value is -2.86. The maximum absolute atomic E-state index is 12.4. The van der Waals surface area contributed by atoms with E-state index in [1.807, 2.05) is 47.4 Å². The standard InChI is InChI=1S/C26H32N2O4/c1-31-25(29)22-9-5-8-20(16-22)17-23-10-11-24(27-23)21-12-14-28(15-13-21)26(30)32-18-19-6-3-2-4-7-19/h2-9,16,21,23-24,27H,10-15,17-18H2,1H3. The van der Waals surface area contributed by atoms with E-state index in [0.717, 1.165) is 56.3 Å². The van der Waals surface area contributed by atoms with E-state index in [1.54, 1.807) is 6.07 Å². The van der Waals surface area contributed by atoms with Crippen molar-refractivity contribution in [2.24, 2.45) is 5.92 Å². The maximum Gasteiger partial charge on any atom is 0.410 e. The highest BCUT2D eigenvalue weighted by Crippen LogP contribution is 2.29. The number of carbonyl (C=O) groups is 2. The van der Waals surface area contributed by atoms with Crippen LogP contribution in [0.2, 0.25) is 0 Å². The van der Waals surface area contributed by atoms with Gasteiger partial charge in [0.15, 0.2) is 0 Å². The molecule has 2 aliphatic heterocycles. The lowest BCUT2D eigenvalue weighted by Crippen LogP contribution is -2.44. The van der Waals surface area contributed by atoms with Gasteiger partial charge in [0, 0.05) is 25.2 Å². The molecule has 2 unspecified atom stereocenters. The van der Waals surface area contributed by atoms with Gasteiger partial charge in [-0.1, -0.05) is 42.5 Å². The van der Waals surface area contributed by atoms with E-state index < -0.39 is 0 Å². The Labute approximate surface area is 189 Å². The number of carbonyl (C=O) groups excluding carboxylic acids is 2. The fourth-order valence-electron chi connectivity index (χ4n) is 4.91. The zero-order valence-electron chi connectivity index (χ0n) is 18.7. The van der Waals surface area contributed by atoms with Crippen molar-refractivity contribution in [3.05, 3.63) is 71.3 Å². The SMILES string of the molecule is COC(=O)c1cccc(CC2CCC(C3CCN(C(=O)OCc4ccccc4)CC3)N2)c1. The summed E-state index contributed by atoms with van der Waals surface area (Å²) >= 11 is 0. The van der Waals surface area contributed by atoms with Gasteiger partial charge < -0.3 is 19.7 Å². The molecule has 2 heterocycles.